The molecule has 0 aromatic heterocycles. The lowest BCUT2D eigenvalue weighted by Crippen LogP contribution is -2.46. The van der Waals surface area contributed by atoms with Crippen LogP contribution >= 0.6 is 0 Å². The van der Waals surface area contributed by atoms with Crippen molar-refractivity contribution in [1.82, 2.24) is 9.62 Å². The Morgan fingerprint density at radius 3 is 2.79 bits per heavy atom. The lowest BCUT2D eigenvalue weighted by atomic mass is 10.1. The predicted molar refractivity (Wildman–Crippen MR) is 72.0 cm³/mol. The third-order valence-corrected chi connectivity index (χ3v) is 5.43. The van der Waals surface area contributed by atoms with E-state index in [1.165, 1.54) is 16.4 Å². The second-order valence-corrected chi connectivity index (χ2v) is 6.84. The normalized spacial score (nSPS) is 21.5. The first-order chi connectivity index (χ1) is 8.95. The fourth-order valence-corrected chi connectivity index (χ4v) is 3.82. The number of nitrogens with zero attached hydrogens (tertiary/aromatic N) is 1. The quantitative estimate of drug-likeness (QED) is 0.916. The lowest BCUT2D eigenvalue weighted by Gasteiger charge is -2.31. The minimum absolute atomic E-state index is 0.0346. The van der Waals surface area contributed by atoms with E-state index in [1.54, 1.807) is 6.92 Å². The van der Waals surface area contributed by atoms with Gasteiger partial charge in [-0.05, 0) is 44.5 Å². The lowest BCUT2D eigenvalue weighted by molar-refractivity contribution is 0.293. The molecule has 0 saturated carbocycles. The molecule has 6 heteroatoms. The third kappa shape index (κ3) is 2.96. The Kier molecular flexibility index (Phi) is 4.23. The molecule has 1 saturated heterocycles. The summed E-state index contributed by atoms with van der Waals surface area (Å²) in [5.74, 6) is -0.483. The molecule has 1 fully saturated rings. The van der Waals surface area contributed by atoms with E-state index in [9.17, 15) is 12.8 Å². The van der Waals surface area contributed by atoms with Crippen molar-refractivity contribution < 1.29 is 12.8 Å². The van der Waals surface area contributed by atoms with Crippen LogP contribution in [0, 0.1) is 12.7 Å². The maximum absolute atomic E-state index is 13.5. The average Bonchev–Trinajstić information content (AvgIpc) is 2.41. The molecule has 0 amide bonds. The van der Waals surface area contributed by atoms with E-state index in [0.29, 0.717) is 18.7 Å². The zero-order chi connectivity index (χ0) is 14.0. The van der Waals surface area contributed by atoms with Crippen LogP contribution in [0.3, 0.4) is 0 Å². The highest BCUT2D eigenvalue weighted by atomic mass is 32.2. The summed E-state index contributed by atoms with van der Waals surface area (Å²) >= 11 is 0. The Morgan fingerprint density at radius 1 is 1.42 bits per heavy atom. The zero-order valence-corrected chi connectivity index (χ0v) is 12.0. The van der Waals surface area contributed by atoms with Gasteiger partial charge in [0.25, 0.3) is 0 Å². The van der Waals surface area contributed by atoms with Crippen LogP contribution < -0.4 is 5.32 Å². The van der Waals surface area contributed by atoms with Gasteiger partial charge in [-0.15, -0.1) is 0 Å². The molecule has 1 aromatic rings. The zero-order valence-electron chi connectivity index (χ0n) is 11.2. The third-order valence-electron chi connectivity index (χ3n) is 3.57. The van der Waals surface area contributed by atoms with Crippen molar-refractivity contribution in [2.45, 2.75) is 30.7 Å². The summed E-state index contributed by atoms with van der Waals surface area (Å²) in [4.78, 5) is 0.0346. The van der Waals surface area contributed by atoms with Crippen molar-refractivity contribution >= 4 is 10.0 Å². The summed E-state index contributed by atoms with van der Waals surface area (Å²) in [5, 5.41) is 3.10. The largest absolute Gasteiger partial charge is 0.316 e. The first-order valence-electron chi connectivity index (χ1n) is 6.38. The van der Waals surface area contributed by atoms with Gasteiger partial charge in [-0.2, -0.15) is 4.31 Å². The van der Waals surface area contributed by atoms with E-state index in [0.717, 1.165) is 18.9 Å². The van der Waals surface area contributed by atoms with E-state index in [4.69, 9.17) is 0 Å². The minimum atomic E-state index is -3.59. The highest BCUT2D eigenvalue weighted by Crippen LogP contribution is 2.22. The summed E-state index contributed by atoms with van der Waals surface area (Å²) < 4.78 is 39.8. The predicted octanol–water partition coefficient (Wildman–Crippen LogP) is 1.51. The fraction of sp³-hybridized carbons (Fsp3) is 0.538. The monoisotopic (exact) mass is 286 g/mol. The van der Waals surface area contributed by atoms with Gasteiger partial charge in [0.1, 0.15) is 5.82 Å². The van der Waals surface area contributed by atoms with Crippen molar-refractivity contribution in [3.8, 4) is 0 Å². The average molecular weight is 286 g/mol. The van der Waals surface area contributed by atoms with Crippen molar-refractivity contribution in [1.29, 1.82) is 0 Å². The second kappa shape index (κ2) is 5.56. The second-order valence-electron chi connectivity index (χ2n) is 4.90. The summed E-state index contributed by atoms with van der Waals surface area (Å²) in [5.41, 5.74) is 0.450. The van der Waals surface area contributed by atoms with Gasteiger partial charge in [0.15, 0.2) is 0 Å². The molecule has 0 radical (unpaired) electrons. The van der Waals surface area contributed by atoms with Gasteiger partial charge in [-0.1, -0.05) is 6.07 Å². The molecule has 0 aliphatic carbocycles. The van der Waals surface area contributed by atoms with Gasteiger partial charge >= 0.3 is 0 Å². The number of likely N-dealkylation sites (N-methyl/N-ethyl adjacent to an activating group) is 1. The molecule has 106 valence electrons. The molecule has 1 N–H and O–H groups in total. The summed E-state index contributed by atoms with van der Waals surface area (Å²) in [6, 6.07) is 4.24. The van der Waals surface area contributed by atoms with Gasteiger partial charge in [-0.3, -0.25) is 0 Å². The maximum Gasteiger partial charge on any atom is 0.243 e. The number of rotatable bonds is 3. The number of sulfonamides is 1. The molecular weight excluding hydrogens is 267 g/mol. The molecular formula is C13H19FN2O2S. The number of aryl methyl sites for hydroxylation is 1. The van der Waals surface area contributed by atoms with Crippen LogP contribution in [-0.2, 0) is 10.0 Å². The minimum Gasteiger partial charge on any atom is -0.316 e. The van der Waals surface area contributed by atoms with Crippen molar-refractivity contribution in [3.05, 3.63) is 29.6 Å². The fourth-order valence-electron chi connectivity index (χ4n) is 2.28. The van der Waals surface area contributed by atoms with Crippen LogP contribution in [0.25, 0.3) is 0 Å². The molecule has 1 atom stereocenters. The van der Waals surface area contributed by atoms with Crippen LogP contribution in [0.5, 0.6) is 0 Å². The van der Waals surface area contributed by atoms with Gasteiger partial charge in [0, 0.05) is 19.1 Å². The van der Waals surface area contributed by atoms with Crippen molar-refractivity contribution in [3.63, 3.8) is 0 Å². The number of hydrogen-bond acceptors (Lipinski definition) is 3. The first kappa shape index (κ1) is 14.4. The molecule has 1 unspecified atom stereocenters. The van der Waals surface area contributed by atoms with E-state index in [1.807, 2.05) is 7.05 Å². The van der Waals surface area contributed by atoms with E-state index < -0.39 is 15.8 Å². The van der Waals surface area contributed by atoms with Crippen molar-refractivity contribution in [2.75, 3.05) is 20.1 Å². The van der Waals surface area contributed by atoms with E-state index in [-0.39, 0.29) is 10.9 Å². The number of hydrogen-bond donors (Lipinski definition) is 1. The molecule has 4 nitrogen and oxygen atoms in total. The first-order valence-corrected chi connectivity index (χ1v) is 7.82. The summed E-state index contributed by atoms with van der Waals surface area (Å²) in [6.07, 6.45) is 1.78. The number of halogens is 1. The van der Waals surface area contributed by atoms with Crippen LogP contribution in [0.1, 0.15) is 18.4 Å². The number of benzene rings is 1. The van der Waals surface area contributed by atoms with Gasteiger partial charge in [0.05, 0.1) is 4.90 Å². The summed E-state index contributed by atoms with van der Waals surface area (Å²) in [7, 11) is -1.77. The van der Waals surface area contributed by atoms with Crippen molar-refractivity contribution in [2.24, 2.45) is 0 Å². The van der Waals surface area contributed by atoms with Gasteiger partial charge < -0.3 is 5.32 Å². The smallest absolute Gasteiger partial charge is 0.243 e. The Hall–Kier alpha value is -0.980. The SMILES string of the molecule is CNC1CCCN(S(=O)(=O)c2ccc(C)c(F)c2)C1. The van der Waals surface area contributed by atoms with Gasteiger partial charge in [-0.25, -0.2) is 12.8 Å². The molecule has 19 heavy (non-hydrogen) atoms. The Balaban J connectivity index is 2.28. The summed E-state index contributed by atoms with van der Waals surface area (Å²) in [6.45, 7) is 2.55. The molecule has 1 heterocycles. The molecule has 2 rings (SSSR count). The number of piperidine rings is 1. The molecule has 1 aromatic carbocycles. The van der Waals surface area contributed by atoms with Crippen LogP contribution in [0.4, 0.5) is 4.39 Å². The van der Waals surface area contributed by atoms with Gasteiger partial charge in [0.2, 0.25) is 10.0 Å². The Morgan fingerprint density at radius 2 is 2.16 bits per heavy atom. The van der Waals surface area contributed by atoms with E-state index >= 15 is 0 Å². The standard InChI is InChI=1S/C13H19FN2O2S/c1-10-5-6-12(8-13(10)14)19(17,18)16-7-3-4-11(9-16)15-2/h5-6,8,11,15H,3-4,7,9H2,1-2H3. The van der Waals surface area contributed by atoms with E-state index in [2.05, 4.69) is 5.32 Å². The highest BCUT2D eigenvalue weighted by molar-refractivity contribution is 7.89. The molecule has 1 aliphatic rings. The molecule has 0 spiro atoms. The maximum atomic E-state index is 13.5. The topological polar surface area (TPSA) is 49.4 Å². The van der Waals surface area contributed by atoms with Crippen LogP contribution in [0.15, 0.2) is 23.1 Å². The highest BCUT2D eigenvalue weighted by Gasteiger charge is 2.29. The Bertz CT molecular complexity index is 560. The molecule has 1 aliphatic heterocycles. The Labute approximate surface area is 113 Å². The number of nitrogens with one attached hydrogen (secondary N) is 1. The molecule has 0 bridgehead atoms. The van der Waals surface area contributed by atoms with Crippen LogP contribution in [0.2, 0.25) is 0 Å². The van der Waals surface area contributed by atoms with Crippen LogP contribution in [-0.4, -0.2) is 38.9 Å².